The minimum Gasteiger partial charge on any atom is -0.334 e. The first-order valence-corrected chi connectivity index (χ1v) is 5.84. The number of carbonyl (C=O) groups excluding carboxylic acids is 1. The Hall–Kier alpha value is -1.52. The molecular formula is C13H14F3NO. The first-order valence-electron chi connectivity index (χ1n) is 5.84. The summed E-state index contributed by atoms with van der Waals surface area (Å²) in [6.45, 7) is 4.18. The first-order chi connectivity index (χ1) is 8.34. The number of amides is 1. The van der Waals surface area contributed by atoms with Crippen LogP contribution in [0.4, 0.5) is 13.2 Å². The van der Waals surface area contributed by atoms with Crippen molar-refractivity contribution in [2.45, 2.75) is 33.0 Å². The summed E-state index contributed by atoms with van der Waals surface area (Å²) in [5.74, 6) is -0.163. The van der Waals surface area contributed by atoms with E-state index < -0.39 is 11.7 Å². The number of aryl methyl sites for hydroxylation is 1. The standard InChI is InChI=1S/C13H14F3NO/c1-3-4-17-7-9-6-11(13(14,15)16)8(2)5-10(9)12(17)18/h5-6H,3-4,7H2,1-2H3. The van der Waals surface area contributed by atoms with Gasteiger partial charge < -0.3 is 4.90 Å². The van der Waals surface area contributed by atoms with E-state index in [1.54, 1.807) is 4.90 Å². The Morgan fingerprint density at radius 3 is 2.56 bits per heavy atom. The van der Waals surface area contributed by atoms with Crippen molar-refractivity contribution in [3.05, 3.63) is 34.4 Å². The Morgan fingerprint density at radius 2 is 2.00 bits per heavy atom. The molecule has 18 heavy (non-hydrogen) atoms. The van der Waals surface area contributed by atoms with E-state index in [4.69, 9.17) is 0 Å². The van der Waals surface area contributed by atoms with Crippen LogP contribution in [0.15, 0.2) is 12.1 Å². The van der Waals surface area contributed by atoms with Crippen LogP contribution in [0.3, 0.4) is 0 Å². The van der Waals surface area contributed by atoms with Crippen LogP contribution in [0.1, 0.15) is 40.4 Å². The molecule has 0 N–H and O–H groups in total. The molecule has 98 valence electrons. The van der Waals surface area contributed by atoms with E-state index in [1.807, 2.05) is 6.92 Å². The van der Waals surface area contributed by atoms with Crippen LogP contribution in [0, 0.1) is 6.92 Å². The lowest BCUT2D eigenvalue weighted by molar-refractivity contribution is -0.138. The number of halogens is 3. The average molecular weight is 257 g/mol. The molecule has 1 amide bonds. The van der Waals surface area contributed by atoms with Gasteiger partial charge in [-0.15, -0.1) is 0 Å². The van der Waals surface area contributed by atoms with Crippen LogP contribution in [0.2, 0.25) is 0 Å². The van der Waals surface area contributed by atoms with Crippen LogP contribution in [-0.2, 0) is 12.7 Å². The van der Waals surface area contributed by atoms with Crippen LogP contribution < -0.4 is 0 Å². The van der Waals surface area contributed by atoms with E-state index in [9.17, 15) is 18.0 Å². The van der Waals surface area contributed by atoms with Gasteiger partial charge in [0.1, 0.15) is 0 Å². The number of benzene rings is 1. The number of carbonyl (C=O) groups is 1. The Morgan fingerprint density at radius 1 is 1.33 bits per heavy atom. The van der Waals surface area contributed by atoms with Crippen molar-refractivity contribution in [2.75, 3.05) is 6.54 Å². The molecule has 1 aromatic carbocycles. The fourth-order valence-electron chi connectivity index (χ4n) is 2.29. The molecule has 2 nitrogen and oxygen atoms in total. The van der Waals surface area contributed by atoms with Gasteiger partial charge >= 0.3 is 6.18 Å². The monoisotopic (exact) mass is 257 g/mol. The minimum absolute atomic E-state index is 0.105. The highest BCUT2D eigenvalue weighted by molar-refractivity contribution is 5.98. The lowest BCUT2D eigenvalue weighted by Crippen LogP contribution is -2.24. The molecule has 0 saturated heterocycles. The second-order valence-electron chi connectivity index (χ2n) is 4.55. The van der Waals surface area contributed by atoms with E-state index in [-0.39, 0.29) is 18.0 Å². The molecule has 0 saturated carbocycles. The number of fused-ring (bicyclic) bond motifs is 1. The summed E-state index contributed by atoms with van der Waals surface area (Å²) in [5, 5.41) is 0. The molecule has 0 atom stereocenters. The number of nitrogens with zero attached hydrogens (tertiary/aromatic N) is 1. The molecule has 0 fully saturated rings. The molecule has 1 aliphatic heterocycles. The van der Waals surface area contributed by atoms with Gasteiger partial charge in [-0.3, -0.25) is 4.79 Å². The van der Waals surface area contributed by atoms with Crippen molar-refractivity contribution in [2.24, 2.45) is 0 Å². The zero-order valence-corrected chi connectivity index (χ0v) is 10.3. The fourth-order valence-corrected chi connectivity index (χ4v) is 2.29. The maximum Gasteiger partial charge on any atom is 0.416 e. The Bertz CT molecular complexity index is 494. The first kappa shape index (κ1) is 12.9. The van der Waals surface area contributed by atoms with Crippen LogP contribution in [0.25, 0.3) is 0 Å². The second kappa shape index (κ2) is 4.30. The fraction of sp³-hybridized carbons (Fsp3) is 0.462. The Balaban J connectivity index is 2.43. The maximum atomic E-state index is 12.8. The molecule has 1 aliphatic rings. The van der Waals surface area contributed by atoms with Crippen molar-refractivity contribution in [1.82, 2.24) is 4.90 Å². The lowest BCUT2D eigenvalue weighted by atomic mass is 10.0. The van der Waals surface area contributed by atoms with Gasteiger partial charge in [-0.25, -0.2) is 0 Å². The molecule has 0 unspecified atom stereocenters. The van der Waals surface area contributed by atoms with E-state index in [1.165, 1.54) is 13.0 Å². The van der Waals surface area contributed by atoms with Crippen molar-refractivity contribution < 1.29 is 18.0 Å². The van der Waals surface area contributed by atoms with E-state index in [0.29, 0.717) is 17.7 Å². The summed E-state index contributed by atoms with van der Waals surface area (Å²) in [4.78, 5) is 13.5. The SMILES string of the molecule is CCCN1Cc2cc(C(F)(F)F)c(C)cc2C1=O. The molecular weight excluding hydrogens is 243 g/mol. The van der Waals surface area contributed by atoms with Gasteiger partial charge in [-0.1, -0.05) is 6.92 Å². The predicted octanol–water partition coefficient (Wildman–Crippen LogP) is 3.38. The van der Waals surface area contributed by atoms with Crippen LogP contribution in [0.5, 0.6) is 0 Å². The number of hydrogen-bond acceptors (Lipinski definition) is 1. The van der Waals surface area contributed by atoms with Crippen molar-refractivity contribution in [3.8, 4) is 0 Å². The molecule has 0 aromatic heterocycles. The topological polar surface area (TPSA) is 20.3 Å². The van der Waals surface area contributed by atoms with Crippen molar-refractivity contribution in [3.63, 3.8) is 0 Å². The van der Waals surface area contributed by atoms with Gasteiger partial charge in [0.05, 0.1) is 5.56 Å². The summed E-state index contributed by atoms with van der Waals surface area (Å²) < 4.78 is 38.3. The third-order valence-corrected chi connectivity index (χ3v) is 3.13. The second-order valence-corrected chi connectivity index (χ2v) is 4.55. The van der Waals surface area contributed by atoms with Gasteiger partial charge in [-0.2, -0.15) is 13.2 Å². The zero-order chi connectivity index (χ0) is 13.5. The van der Waals surface area contributed by atoms with Crippen LogP contribution >= 0.6 is 0 Å². The van der Waals surface area contributed by atoms with E-state index in [2.05, 4.69) is 0 Å². The van der Waals surface area contributed by atoms with Gasteiger partial charge in [-0.05, 0) is 36.6 Å². The molecule has 0 bridgehead atoms. The predicted molar refractivity (Wildman–Crippen MR) is 61.2 cm³/mol. The summed E-state index contributed by atoms with van der Waals surface area (Å²) in [7, 11) is 0. The molecule has 1 heterocycles. The van der Waals surface area contributed by atoms with Gasteiger partial charge in [0.25, 0.3) is 5.91 Å². The summed E-state index contributed by atoms with van der Waals surface area (Å²) in [6.07, 6.45) is -3.56. The zero-order valence-electron chi connectivity index (χ0n) is 10.3. The molecule has 0 radical (unpaired) electrons. The summed E-state index contributed by atoms with van der Waals surface area (Å²) >= 11 is 0. The smallest absolute Gasteiger partial charge is 0.334 e. The third kappa shape index (κ3) is 2.09. The maximum absolute atomic E-state index is 12.8. The average Bonchev–Trinajstić information content (AvgIpc) is 2.55. The minimum atomic E-state index is -4.36. The number of hydrogen-bond donors (Lipinski definition) is 0. The molecule has 0 aliphatic carbocycles. The van der Waals surface area contributed by atoms with E-state index in [0.717, 1.165) is 12.5 Å². The number of alkyl halides is 3. The molecule has 1 aromatic rings. The molecule has 5 heteroatoms. The van der Waals surface area contributed by atoms with Gasteiger partial charge in [0, 0.05) is 18.7 Å². The van der Waals surface area contributed by atoms with E-state index >= 15 is 0 Å². The van der Waals surface area contributed by atoms with Gasteiger partial charge in [0.2, 0.25) is 0 Å². The summed E-state index contributed by atoms with van der Waals surface area (Å²) in [6, 6.07) is 2.47. The Kier molecular flexibility index (Phi) is 3.09. The highest BCUT2D eigenvalue weighted by Gasteiger charge is 2.36. The quantitative estimate of drug-likeness (QED) is 0.795. The number of rotatable bonds is 2. The largest absolute Gasteiger partial charge is 0.416 e. The Labute approximate surface area is 103 Å². The van der Waals surface area contributed by atoms with Crippen molar-refractivity contribution >= 4 is 5.91 Å². The summed E-state index contributed by atoms with van der Waals surface area (Å²) in [5.41, 5.74) is 0.348. The van der Waals surface area contributed by atoms with Gasteiger partial charge in [0.15, 0.2) is 0 Å². The molecule has 2 rings (SSSR count). The third-order valence-electron chi connectivity index (χ3n) is 3.13. The normalized spacial score (nSPS) is 15.2. The van der Waals surface area contributed by atoms with Crippen LogP contribution in [-0.4, -0.2) is 17.4 Å². The highest BCUT2D eigenvalue weighted by Crippen LogP contribution is 2.35. The molecule has 0 spiro atoms. The highest BCUT2D eigenvalue weighted by atomic mass is 19.4. The lowest BCUT2D eigenvalue weighted by Gasteiger charge is -2.13. The van der Waals surface area contributed by atoms with Crippen molar-refractivity contribution in [1.29, 1.82) is 0 Å².